The average Bonchev–Trinajstić information content (AvgIpc) is 2.47. The van der Waals surface area contributed by atoms with E-state index in [-0.39, 0.29) is 16.6 Å². The van der Waals surface area contributed by atoms with E-state index in [0.717, 1.165) is 6.54 Å². The Labute approximate surface area is 89.5 Å². The number of nitrogens with zero attached hydrogens (tertiary/aromatic N) is 2. The molecule has 1 heterocycles. The second kappa shape index (κ2) is 4.22. The van der Waals surface area contributed by atoms with E-state index in [0.29, 0.717) is 13.0 Å². The van der Waals surface area contributed by atoms with Gasteiger partial charge in [0, 0.05) is 24.3 Å². The van der Waals surface area contributed by atoms with E-state index in [1.165, 1.54) is 0 Å². The van der Waals surface area contributed by atoms with Crippen LogP contribution in [0.3, 0.4) is 0 Å². The van der Waals surface area contributed by atoms with Crippen LogP contribution in [0.2, 0.25) is 0 Å². The number of nitriles is 1. The fourth-order valence-corrected chi connectivity index (χ4v) is 1.82. The van der Waals surface area contributed by atoms with Crippen molar-refractivity contribution in [1.82, 2.24) is 4.90 Å². The molecule has 1 amide bonds. The first-order valence-electron chi connectivity index (χ1n) is 4.71. The summed E-state index contributed by atoms with van der Waals surface area (Å²) >= 11 is 1.75. The molecule has 0 aromatic heterocycles. The summed E-state index contributed by atoms with van der Waals surface area (Å²) < 4.78 is 0.0833. The van der Waals surface area contributed by atoms with Crippen LogP contribution in [0.4, 0.5) is 0 Å². The first-order valence-corrected chi connectivity index (χ1v) is 5.93. The third-order valence-electron chi connectivity index (χ3n) is 2.52. The van der Waals surface area contributed by atoms with E-state index in [9.17, 15) is 4.79 Å². The van der Waals surface area contributed by atoms with E-state index in [1.54, 1.807) is 11.8 Å². The number of thioether (sulfide) groups is 1. The van der Waals surface area contributed by atoms with Crippen molar-refractivity contribution in [2.75, 3.05) is 19.3 Å². The number of hydrogen-bond donors (Lipinski definition) is 0. The number of amides is 1. The molecule has 0 aromatic carbocycles. The standard InChI is InChI=1S/C10H16N2OS/c1-10(2,14-3)7-12-6-8(5-11)4-9(12)13/h8H,4,6-7H2,1-3H3. The number of likely N-dealkylation sites (tertiary alicyclic amines) is 1. The molecule has 1 aliphatic heterocycles. The van der Waals surface area contributed by atoms with Crippen molar-refractivity contribution in [3.63, 3.8) is 0 Å². The largest absolute Gasteiger partial charge is 0.340 e. The van der Waals surface area contributed by atoms with Crippen LogP contribution in [0.5, 0.6) is 0 Å². The minimum atomic E-state index is -0.0971. The summed E-state index contributed by atoms with van der Waals surface area (Å²) in [4.78, 5) is 13.3. The van der Waals surface area contributed by atoms with Crippen LogP contribution >= 0.6 is 11.8 Å². The first kappa shape index (κ1) is 11.4. The van der Waals surface area contributed by atoms with Gasteiger partial charge in [-0.2, -0.15) is 17.0 Å². The zero-order chi connectivity index (χ0) is 10.8. The van der Waals surface area contributed by atoms with Gasteiger partial charge in [-0.25, -0.2) is 0 Å². The van der Waals surface area contributed by atoms with Crippen molar-refractivity contribution in [3.8, 4) is 6.07 Å². The lowest BCUT2D eigenvalue weighted by molar-refractivity contribution is -0.127. The monoisotopic (exact) mass is 212 g/mol. The molecule has 0 bridgehead atoms. The Morgan fingerprint density at radius 2 is 2.36 bits per heavy atom. The van der Waals surface area contributed by atoms with E-state index in [2.05, 4.69) is 19.9 Å². The molecule has 1 rings (SSSR count). The lowest BCUT2D eigenvalue weighted by Crippen LogP contribution is -2.37. The summed E-state index contributed by atoms with van der Waals surface area (Å²) in [6, 6.07) is 2.16. The molecule has 1 aliphatic rings. The van der Waals surface area contributed by atoms with Gasteiger partial charge in [0.25, 0.3) is 0 Å². The summed E-state index contributed by atoms with van der Waals surface area (Å²) in [6.45, 7) is 5.58. The predicted octanol–water partition coefficient (Wildman–Crippen LogP) is 1.50. The Kier molecular flexibility index (Phi) is 3.43. The van der Waals surface area contributed by atoms with Crippen molar-refractivity contribution >= 4 is 17.7 Å². The molecular weight excluding hydrogens is 196 g/mol. The highest BCUT2D eigenvalue weighted by molar-refractivity contribution is 7.99. The average molecular weight is 212 g/mol. The fraction of sp³-hybridized carbons (Fsp3) is 0.800. The van der Waals surface area contributed by atoms with Crippen LogP contribution in [0.25, 0.3) is 0 Å². The molecule has 0 N–H and O–H groups in total. The van der Waals surface area contributed by atoms with E-state index >= 15 is 0 Å². The maximum absolute atomic E-state index is 11.5. The molecule has 1 atom stereocenters. The van der Waals surface area contributed by atoms with Gasteiger partial charge in [0.2, 0.25) is 5.91 Å². The molecule has 1 unspecified atom stereocenters. The Balaban J connectivity index is 2.56. The smallest absolute Gasteiger partial charge is 0.224 e. The maximum atomic E-state index is 11.5. The zero-order valence-electron chi connectivity index (χ0n) is 8.91. The van der Waals surface area contributed by atoms with E-state index < -0.39 is 0 Å². The van der Waals surface area contributed by atoms with Gasteiger partial charge >= 0.3 is 0 Å². The summed E-state index contributed by atoms with van der Waals surface area (Å²) in [5, 5.41) is 8.72. The van der Waals surface area contributed by atoms with Gasteiger partial charge in [-0.15, -0.1) is 0 Å². The van der Waals surface area contributed by atoms with Crippen LogP contribution in [0.1, 0.15) is 20.3 Å². The highest BCUT2D eigenvalue weighted by Gasteiger charge is 2.32. The molecular formula is C10H16N2OS. The minimum absolute atomic E-state index is 0.0833. The second-order valence-electron chi connectivity index (χ2n) is 4.27. The topological polar surface area (TPSA) is 44.1 Å². The second-order valence-corrected chi connectivity index (χ2v) is 5.78. The summed E-state index contributed by atoms with van der Waals surface area (Å²) in [5.74, 6) is 0.0267. The molecule has 0 aliphatic carbocycles. The Morgan fingerprint density at radius 3 is 2.79 bits per heavy atom. The molecule has 4 heteroatoms. The molecule has 0 spiro atoms. The summed E-state index contributed by atoms with van der Waals surface area (Å²) in [6.07, 6.45) is 2.45. The fourth-order valence-electron chi connectivity index (χ4n) is 1.54. The third-order valence-corrected chi connectivity index (χ3v) is 3.76. The van der Waals surface area contributed by atoms with Gasteiger partial charge in [0.1, 0.15) is 0 Å². The molecule has 0 aromatic rings. The van der Waals surface area contributed by atoms with Crippen LogP contribution in [-0.4, -0.2) is 34.9 Å². The van der Waals surface area contributed by atoms with Gasteiger partial charge in [-0.3, -0.25) is 4.79 Å². The lowest BCUT2D eigenvalue weighted by Gasteiger charge is -2.28. The molecule has 14 heavy (non-hydrogen) atoms. The van der Waals surface area contributed by atoms with Crippen molar-refractivity contribution in [2.45, 2.75) is 25.0 Å². The normalized spacial score (nSPS) is 22.6. The molecule has 1 fully saturated rings. The van der Waals surface area contributed by atoms with Crippen LogP contribution in [-0.2, 0) is 4.79 Å². The number of rotatable bonds is 3. The van der Waals surface area contributed by atoms with Gasteiger partial charge in [-0.1, -0.05) is 0 Å². The quantitative estimate of drug-likeness (QED) is 0.712. The van der Waals surface area contributed by atoms with E-state index in [1.807, 2.05) is 11.2 Å². The molecule has 3 nitrogen and oxygen atoms in total. The van der Waals surface area contributed by atoms with Crippen LogP contribution in [0, 0.1) is 17.2 Å². The molecule has 0 radical (unpaired) electrons. The van der Waals surface area contributed by atoms with Crippen molar-refractivity contribution in [3.05, 3.63) is 0 Å². The van der Waals surface area contributed by atoms with Crippen LogP contribution < -0.4 is 0 Å². The minimum Gasteiger partial charge on any atom is -0.340 e. The highest BCUT2D eigenvalue weighted by atomic mass is 32.2. The lowest BCUT2D eigenvalue weighted by atomic mass is 10.1. The summed E-state index contributed by atoms with van der Waals surface area (Å²) in [5.41, 5.74) is 0. The first-order chi connectivity index (χ1) is 6.48. The highest BCUT2D eigenvalue weighted by Crippen LogP contribution is 2.26. The number of hydrogen-bond acceptors (Lipinski definition) is 3. The van der Waals surface area contributed by atoms with Gasteiger partial charge in [0.15, 0.2) is 0 Å². The Bertz CT molecular complexity index is 270. The maximum Gasteiger partial charge on any atom is 0.224 e. The Hall–Kier alpha value is -0.690. The van der Waals surface area contributed by atoms with Crippen LogP contribution in [0.15, 0.2) is 0 Å². The third kappa shape index (κ3) is 2.65. The Morgan fingerprint density at radius 1 is 1.71 bits per heavy atom. The van der Waals surface area contributed by atoms with E-state index in [4.69, 9.17) is 5.26 Å². The molecule has 1 saturated heterocycles. The van der Waals surface area contributed by atoms with Crippen molar-refractivity contribution in [1.29, 1.82) is 5.26 Å². The van der Waals surface area contributed by atoms with Crippen molar-refractivity contribution < 1.29 is 4.79 Å². The van der Waals surface area contributed by atoms with Gasteiger partial charge < -0.3 is 4.90 Å². The van der Waals surface area contributed by atoms with Gasteiger partial charge in [0.05, 0.1) is 12.0 Å². The predicted molar refractivity (Wildman–Crippen MR) is 57.9 cm³/mol. The summed E-state index contributed by atoms with van der Waals surface area (Å²) in [7, 11) is 0. The zero-order valence-corrected chi connectivity index (χ0v) is 9.73. The van der Waals surface area contributed by atoms with Gasteiger partial charge in [-0.05, 0) is 20.1 Å². The molecule has 78 valence electrons. The SMILES string of the molecule is CSC(C)(C)CN1CC(C#N)CC1=O. The number of carbonyl (C=O) groups is 1. The molecule has 0 saturated carbocycles. The van der Waals surface area contributed by atoms with Crippen molar-refractivity contribution in [2.24, 2.45) is 5.92 Å². The number of carbonyl (C=O) groups excluding carboxylic acids is 1.